The number of hydrogen-bond donors (Lipinski definition) is 1. The van der Waals surface area contributed by atoms with Crippen LogP contribution in [0.1, 0.15) is 37.9 Å². The van der Waals surface area contributed by atoms with Crippen LogP contribution in [0.2, 0.25) is 0 Å². The Labute approximate surface area is 199 Å². The number of amides is 1. The minimum Gasteiger partial charge on any atom is -0.346 e. The van der Waals surface area contributed by atoms with Crippen LogP contribution in [0.25, 0.3) is 11.3 Å². The average Bonchev–Trinajstić information content (AvgIpc) is 3.46. The fourth-order valence-electron chi connectivity index (χ4n) is 3.19. The summed E-state index contributed by atoms with van der Waals surface area (Å²) in [4.78, 5) is 24.3. The summed E-state index contributed by atoms with van der Waals surface area (Å²) in [5.41, 5.74) is 1.06. The first-order chi connectivity index (χ1) is 16.7. The molecule has 4 aromatic heterocycles. The van der Waals surface area contributed by atoms with Crippen LogP contribution < -0.4 is 5.32 Å². The van der Waals surface area contributed by atoms with E-state index in [4.69, 9.17) is 5.26 Å². The van der Waals surface area contributed by atoms with E-state index in [2.05, 4.69) is 25.4 Å². The summed E-state index contributed by atoms with van der Waals surface area (Å²) in [6, 6.07) is 4.98. The Morgan fingerprint density at radius 3 is 2.69 bits per heavy atom. The quantitative estimate of drug-likeness (QED) is 0.398. The summed E-state index contributed by atoms with van der Waals surface area (Å²) < 4.78 is 55.5. The van der Waals surface area contributed by atoms with Crippen molar-refractivity contribution in [3.8, 4) is 17.3 Å². The summed E-state index contributed by atoms with van der Waals surface area (Å²) in [6.45, 7) is 1.70. The standard InChI is InChI=1S/C22H15F4N7OS/c1-12-20(35-11-31-12)21(34)30-9-19-16(23)4-13(7-28-19)10-33-3-2-17(32-33)14-5-15(22(24,25)26)18(6-27)29-8-14/h2-5,7-8,11H,9-10H2,1H3,(H,30,34). The molecule has 4 rings (SSSR count). The van der Waals surface area contributed by atoms with E-state index < -0.39 is 23.3 Å². The van der Waals surface area contributed by atoms with Crippen molar-refractivity contribution in [1.29, 1.82) is 5.26 Å². The maximum Gasteiger partial charge on any atom is 0.419 e. The Kier molecular flexibility index (Phi) is 6.57. The van der Waals surface area contributed by atoms with Gasteiger partial charge in [-0.15, -0.1) is 11.3 Å². The van der Waals surface area contributed by atoms with E-state index in [1.54, 1.807) is 12.4 Å². The first kappa shape index (κ1) is 24.0. The van der Waals surface area contributed by atoms with Crippen molar-refractivity contribution in [2.24, 2.45) is 0 Å². The molecule has 1 N–H and O–H groups in total. The number of carbonyl (C=O) groups excluding carboxylic acids is 1. The first-order valence-corrected chi connectivity index (χ1v) is 10.9. The molecule has 0 saturated heterocycles. The number of nitrogens with one attached hydrogen (secondary N) is 1. The normalized spacial score (nSPS) is 11.3. The minimum absolute atomic E-state index is 0.0498. The molecule has 0 bridgehead atoms. The van der Waals surface area contributed by atoms with E-state index in [-0.39, 0.29) is 35.9 Å². The first-order valence-electron chi connectivity index (χ1n) is 9.98. The Morgan fingerprint density at radius 2 is 2.03 bits per heavy atom. The van der Waals surface area contributed by atoms with Gasteiger partial charge in [0.05, 0.1) is 41.2 Å². The average molecular weight is 501 g/mol. The molecule has 0 aliphatic rings. The number of hydrogen-bond acceptors (Lipinski definition) is 7. The summed E-state index contributed by atoms with van der Waals surface area (Å²) in [6.07, 6.45) is -0.655. The number of alkyl halides is 3. The van der Waals surface area contributed by atoms with Gasteiger partial charge < -0.3 is 5.32 Å². The van der Waals surface area contributed by atoms with Gasteiger partial charge in [0.25, 0.3) is 5.91 Å². The van der Waals surface area contributed by atoms with Crippen molar-refractivity contribution in [3.05, 3.63) is 81.2 Å². The molecular formula is C22H15F4N7OS. The summed E-state index contributed by atoms with van der Waals surface area (Å²) >= 11 is 1.18. The van der Waals surface area contributed by atoms with Gasteiger partial charge in [0.2, 0.25) is 0 Å². The monoisotopic (exact) mass is 501 g/mol. The Bertz CT molecular complexity index is 1440. The molecule has 0 unspecified atom stereocenters. The summed E-state index contributed by atoms with van der Waals surface area (Å²) in [5.74, 6) is -0.993. The number of aromatic nitrogens is 5. The zero-order valence-electron chi connectivity index (χ0n) is 18.0. The van der Waals surface area contributed by atoms with Crippen LogP contribution in [0.3, 0.4) is 0 Å². The molecule has 4 aromatic rings. The van der Waals surface area contributed by atoms with Gasteiger partial charge in [-0.25, -0.2) is 14.4 Å². The second-order valence-corrected chi connectivity index (χ2v) is 8.20. The van der Waals surface area contributed by atoms with E-state index >= 15 is 0 Å². The molecule has 8 nitrogen and oxygen atoms in total. The third-order valence-corrected chi connectivity index (χ3v) is 5.85. The molecule has 0 aliphatic heterocycles. The molecule has 0 saturated carbocycles. The zero-order chi connectivity index (χ0) is 25.2. The second-order valence-electron chi connectivity index (χ2n) is 7.35. The van der Waals surface area contributed by atoms with Crippen LogP contribution in [-0.4, -0.2) is 30.6 Å². The SMILES string of the molecule is Cc1ncsc1C(=O)NCc1ncc(Cn2ccc(-c3cnc(C#N)c(C(F)(F)F)c3)n2)cc1F. The lowest BCUT2D eigenvalue weighted by Crippen LogP contribution is -2.24. The van der Waals surface area contributed by atoms with E-state index in [1.807, 2.05) is 0 Å². The third-order valence-electron chi connectivity index (χ3n) is 4.92. The van der Waals surface area contributed by atoms with Crippen LogP contribution in [0.5, 0.6) is 0 Å². The van der Waals surface area contributed by atoms with Gasteiger partial charge in [-0.1, -0.05) is 0 Å². The van der Waals surface area contributed by atoms with Gasteiger partial charge in [0.1, 0.15) is 16.8 Å². The third kappa shape index (κ3) is 5.33. The summed E-state index contributed by atoms with van der Waals surface area (Å²) in [7, 11) is 0. The lowest BCUT2D eigenvalue weighted by Gasteiger charge is -2.09. The summed E-state index contributed by atoms with van der Waals surface area (Å²) in [5, 5.41) is 15.7. The Balaban J connectivity index is 1.45. The van der Waals surface area contributed by atoms with Crippen molar-refractivity contribution in [2.75, 3.05) is 0 Å². The molecule has 0 radical (unpaired) electrons. The second kappa shape index (κ2) is 9.59. The lowest BCUT2D eigenvalue weighted by molar-refractivity contribution is -0.138. The molecule has 0 fully saturated rings. The van der Waals surface area contributed by atoms with Crippen LogP contribution in [0.15, 0.2) is 42.3 Å². The number of nitrogens with zero attached hydrogens (tertiary/aromatic N) is 6. The van der Waals surface area contributed by atoms with Crippen molar-refractivity contribution in [3.63, 3.8) is 0 Å². The predicted molar refractivity (Wildman–Crippen MR) is 116 cm³/mol. The molecule has 4 heterocycles. The Hall–Kier alpha value is -4.18. The number of carbonyl (C=O) groups is 1. The van der Waals surface area contributed by atoms with Crippen LogP contribution in [-0.2, 0) is 19.3 Å². The highest BCUT2D eigenvalue weighted by atomic mass is 32.1. The predicted octanol–water partition coefficient (Wildman–Crippen LogP) is 4.11. The van der Waals surface area contributed by atoms with Gasteiger partial charge in [0, 0.05) is 24.2 Å². The maximum atomic E-state index is 14.5. The molecule has 35 heavy (non-hydrogen) atoms. The largest absolute Gasteiger partial charge is 0.419 e. The van der Waals surface area contributed by atoms with E-state index in [0.29, 0.717) is 16.1 Å². The van der Waals surface area contributed by atoms with Gasteiger partial charge in [-0.2, -0.15) is 23.5 Å². The van der Waals surface area contributed by atoms with Gasteiger partial charge >= 0.3 is 6.18 Å². The van der Waals surface area contributed by atoms with E-state index in [0.717, 1.165) is 12.3 Å². The fourth-order valence-corrected chi connectivity index (χ4v) is 3.91. The molecule has 0 aromatic carbocycles. The molecule has 0 atom stereocenters. The number of rotatable bonds is 6. The number of pyridine rings is 2. The molecule has 13 heteroatoms. The van der Waals surface area contributed by atoms with Crippen molar-refractivity contribution in [2.45, 2.75) is 26.2 Å². The zero-order valence-corrected chi connectivity index (χ0v) is 18.8. The van der Waals surface area contributed by atoms with Crippen LogP contribution in [0, 0.1) is 24.1 Å². The van der Waals surface area contributed by atoms with Crippen molar-refractivity contribution in [1.82, 2.24) is 30.0 Å². The smallest absolute Gasteiger partial charge is 0.346 e. The maximum absolute atomic E-state index is 14.5. The number of thiazole rings is 1. The lowest BCUT2D eigenvalue weighted by atomic mass is 10.1. The highest BCUT2D eigenvalue weighted by Crippen LogP contribution is 2.33. The van der Waals surface area contributed by atoms with Crippen LogP contribution >= 0.6 is 11.3 Å². The number of halogens is 4. The Morgan fingerprint density at radius 1 is 1.23 bits per heavy atom. The van der Waals surface area contributed by atoms with Crippen molar-refractivity contribution < 1.29 is 22.4 Å². The number of aryl methyl sites for hydroxylation is 1. The highest BCUT2D eigenvalue weighted by molar-refractivity contribution is 7.11. The van der Waals surface area contributed by atoms with Gasteiger partial charge in [-0.3, -0.25) is 14.5 Å². The molecule has 178 valence electrons. The highest BCUT2D eigenvalue weighted by Gasteiger charge is 2.35. The fraction of sp³-hybridized carbons (Fsp3) is 0.182. The molecule has 0 aliphatic carbocycles. The van der Waals surface area contributed by atoms with Gasteiger partial charge in [0.15, 0.2) is 5.69 Å². The minimum atomic E-state index is -4.74. The van der Waals surface area contributed by atoms with Crippen molar-refractivity contribution >= 4 is 17.2 Å². The van der Waals surface area contributed by atoms with Crippen LogP contribution in [0.4, 0.5) is 17.6 Å². The number of nitriles is 1. The van der Waals surface area contributed by atoms with Gasteiger partial charge in [-0.05, 0) is 30.7 Å². The molecular weight excluding hydrogens is 486 g/mol. The molecule has 0 spiro atoms. The topological polar surface area (TPSA) is 109 Å². The van der Waals surface area contributed by atoms with E-state index in [9.17, 15) is 22.4 Å². The molecule has 1 amide bonds. The van der Waals surface area contributed by atoms with E-state index in [1.165, 1.54) is 46.6 Å².